The molecule has 1 aromatic heterocycles. The van der Waals surface area contributed by atoms with E-state index in [9.17, 15) is 0 Å². The number of hydrogen-bond acceptors (Lipinski definition) is 4. The van der Waals surface area contributed by atoms with Crippen LogP contribution in [0, 0.1) is 0 Å². The first-order valence-corrected chi connectivity index (χ1v) is 7.26. The van der Waals surface area contributed by atoms with E-state index in [1.54, 1.807) is 7.11 Å². The van der Waals surface area contributed by atoms with E-state index in [1.807, 2.05) is 24.5 Å². The van der Waals surface area contributed by atoms with Crippen LogP contribution in [0.3, 0.4) is 0 Å². The molecule has 0 saturated heterocycles. The van der Waals surface area contributed by atoms with Gasteiger partial charge in [0, 0.05) is 37.2 Å². The van der Waals surface area contributed by atoms with Crippen molar-refractivity contribution in [3.05, 3.63) is 36.1 Å². The lowest BCUT2D eigenvalue weighted by molar-refractivity contribution is 0.116. The van der Waals surface area contributed by atoms with Gasteiger partial charge in [0.15, 0.2) is 0 Å². The predicted octanol–water partition coefficient (Wildman–Crippen LogP) is 2.54. The molecule has 0 bridgehead atoms. The van der Waals surface area contributed by atoms with E-state index in [0.29, 0.717) is 12.6 Å². The van der Waals surface area contributed by atoms with Gasteiger partial charge >= 0.3 is 0 Å². The van der Waals surface area contributed by atoms with E-state index in [2.05, 4.69) is 11.0 Å². The average molecular weight is 274 g/mol. The van der Waals surface area contributed by atoms with Gasteiger partial charge in [0.25, 0.3) is 0 Å². The van der Waals surface area contributed by atoms with Crippen LogP contribution in [0.25, 0.3) is 11.0 Å². The summed E-state index contributed by atoms with van der Waals surface area (Å²) in [5.74, 6) is 0. The van der Waals surface area contributed by atoms with Crippen molar-refractivity contribution in [2.45, 2.75) is 24.9 Å². The Bertz CT molecular complexity index is 562. The molecule has 3 rings (SSSR count). The molecular weight excluding hydrogens is 252 g/mol. The zero-order valence-electron chi connectivity index (χ0n) is 11.9. The van der Waals surface area contributed by atoms with Crippen LogP contribution in [0.2, 0.25) is 0 Å². The van der Waals surface area contributed by atoms with E-state index < -0.39 is 0 Å². The maximum atomic E-state index is 6.07. The van der Waals surface area contributed by atoms with Gasteiger partial charge in [0.1, 0.15) is 5.58 Å². The lowest BCUT2D eigenvalue weighted by Gasteiger charge is -2.30. The van der Waals surface area contributed by atoms with Crippen molar-refractivity contribution in [2.75, 3.05) is 26.8 Å². The molecule has 4 heteroatoms. The minimum Gasteiger partial charge on any atom is -0.464 e. The Labute approximate surface area is 119 Å². The van der Waals surface area contributed by atoms with Crippen molar-refractivity contribution in [1.82, 2.24) is 4.90 Å². The lowest BCUT2D eigenvalue weighted by Crippen LogP contribution is -2.37. The van der Waals surface area contributed by atoms with Crippen molar-refractivity contribution in [1.29, 1.82) is 0 Å². The molecule has 2 N–H and O–H groups in total. The maximum absolute atomic E-state index is 6.07. The Kier molecular flexibility index (Phi) is 4.05. The van der Waals surface area contributed by atoms with Crippen LogP contribution in [0.5, 0.6) is 0 Å². The number of benzene rings is 1. The van der Waals surface area contributed by atoms with Gasteiger partial charge in [-0.3, -0.25) is 4.90 Å². The highest BCUT2D eigenvalue weighted by Gasteiger charge is 2.34. The van der Waals surface area contributed by atoms with Crippen molar-refractivity contribution in [3.63, 3.8) is 0 Å². The smallest absolute Gasteiger partial charge is 0.134 e. The number of hydrogen-bond donors (Lipinski definition) is 1. The molecule has 2 aromatic rings. The Morgan fingerprint density at radius 3 is 2.90 bits per heavy atom. The molecule has 0 amide bonds. The van der Waals surface area contributed by atoms with E-state index in [-0.39, 0.29) is 6.04 Å². The highest BCUT2D eigenvalue weighted by atomic mass is 16.5. The fourth-order valence-corrected chi connectivity index (χ4v) is 2.89. The van der Waals surface area contributed by atoms with E-state index in [4.69, 9.17) is 14.9 Å². The summed E-state index contributed by atoms with van der Waals surface area (Å²) in [6.45, 7) is 2.26. The third-order valence-electron chi connectivity index (χ3n) is 4.06. The van der Waals surface area contributed by atoms with Crippen LogP contribution in [-0.2, 0) is 4.74 Å². The molecule has 0 radical (unpaired) electrons. The molecule has 1 unspecified atom stereocenters. The van der Waals surface area contributed by atoms with Crippen LogP contribution in [0.1, 0.15) is 24.4 Å². The van der Waals surface area contributed by atoms with Crippen molar-refractivity contribution in [2.24, 2.45) is 5.73 Å². The number of ether oxygens (including phenoxy) is 1. The summed E-state index contributed by atoms with van der Waals surface area (Å²) >= 11 is 0. The third kappa shape index (κ3) is 2.59. The fraction of sp³-hybridized carbons (Fsp3) is 0.500. The molecule has 1 aliphatic rings. The van der Waals surface area contributed by atoms with Crippen LogP contribution in [0.15, 0.2) is 34.9 Å². The molecule has 1 aliphatic carbocycles. The number of fused-ring (bicyclic) bond motifs is 1. The topological polar surface area (TPSA) is 51.6 Å². The highest BCUT2D eigenvalue weighted by Crippen LogP contribution is 2.36. The predicted molar refractivity (Wildman–Crippen MR) is 79.6 cm³/mol. The number of nitrogens with zero attached hydrogens (tertiary/aromatic N) is 1. The van der Waals surface area contributed by atoms with Crippen molar-refractivity contribution >= 4 is 11.0 Å². The second-order valence-corrected chi connectivity index (χ2v) is 5.40. The van der Waals surface area contributed by atoms with Gasteiger partial charge in [-0.15, -0.1) is 0 Å². The lowest BCUT2D eigenvalue weighted by atomic mass is 10.0. The first-order valence-electron chi connectivity index (χ1n) is 7.26. The Balaban J connectivity index is 1.91. The second kappa shape index (κ2) is 5.95. The van der Waals surface area contributed by atoms with Crippen molar-refractivity contribution in [3.8, 4) is 0 Å². The molecule has 0 spiro atoms. The summed E-state index contributed by atoms with van der Waals surface area (Å²) in [6, 6.07) is 9.01. The molecule has 1 heterocycles. The molecule has 4 nitrogen and oxygen atoms in total. The monoisotopic (exact) mass is 274 g/mol. The maximum Gasteiger partial charge on any atom is 0.134 e. The van der Waals surface area contributed by atoms with Gasteiger partial charge in [-0.1, -0.05) is 18.2 Å². The van der Waals surface area contributed by atoms with Gasteiger partial charge < -0.3 is 14.9 Å². The molecule has 0 aliphatic heterocycles. The molecular formula is C16H22N2O2. The SMILES string of the molecule is COCCN(C1CC1)C(CN)c1coc2ccccc12. The van der Waals surface area contributed by atoms with Gasteiger partial charge in [-0.2, -0.15) is 0 Å². The van der Waals surface area contributed by atoms with Gasteiger partial charge in [0.05, 0.1) is 18.9 Å². The molecule has 20 heavy (non-hydrogen) atoms. The first-order chi connectivity index (χ1) is 9.85. The Hall–Kier alpha value is -1.36. The molecule has 1 saturated carbocycles. The van der Waals surface area contributed by atoms with Gasteiger partial charge in [-0.25, -0.2) is 0 Å². The zero-order chi connectivity index (χ0) is 13.9. The van der Waals surface area contributed by atoms with Crippen LogP contribution < -0.4 is 5.73 Å². The molecule has 1 atom stereocenters. The van der Waals surface area contributed by atoms with Crippen LogP contribution in [-0.4, -0.2) is 37.7 Å². The van der Waals surface area contributed by atoms with E-state index >= 15 is 0 Å². The van der Waals surface area contributed by atoms with E-state index in [0.717, 1.165) is 18.7 Å². The molecule has 108 valence electrons. The fourth-order valence-electron chi connectivity index (χ4n) is 2.89. The summed E-state index contributed by atoms with van der Waals surface area (Å²) in [6.07, 6.45) is 4.39. The standard InChI is InChI=1S/C16H22N2O2/c1-19-9-8-18(12-6-7-12)15(10-17)14-11-20-16-5-3-2-4-13(14)16/h2-5,11-12,15H,6-10,17H2,1H3. The summed E-state index contributed by atoms with van der Waals surface area (Å²) in [5, 5.41) is 1.17. The van der Waals surface area contributed by atoms with Crippen molar-refractivity contribution < 1.29 is 9.15 Å². The number of methoxy groups -OCH3 is 1. The summed E-state index contributed by atoms with van der Waals surface area (Å²) < 4.78 is 10.9. The van der Waals surface area contributed by atoms with Crippen LogP contribution in [0.4, 0.5) is 0 Å². The summed E-state index contributed by atoms with van der Waals surface area (Å²) in [7, 11) is 1.75. The molecule has 1 fully saturated rings. The average Bonchev–Trinajstić information content (AvgIpc) is 3.24. The van der Waals surface area contributed by atoms with Gasteiger partial charge in [0.2, 0.25) is 0 Å². The Morgan fingerprint density at radius 1 is 1.40 bits per heavy atom. The number of furan rings is 1. The first kappa shape index (κ1) is 13.6. The van der Waals surface area contributed by atoms with Gasteiger partial charge in [-0.05, 0) is 18.9 Å². The minimum atomic E-state index is 0.210. The summed E-state index contributed by atoms with van der Waals surface area (Å²) in [5.41, 5.74) is 8.20. The number of nitrogens with two attached hydrogens (primary N) is 1. The van der Waals surface area contributed by atoms with E-state index in [1.165, 1.54) is 23.8 Å². The quantitative estimate of drug-likeness (QED) is 0.843. The highest BCUT2D eigenvalue weighted by molar-refractivity contribution is 5.81. The summed E-state index contributed by atoms with van der Waals surface area (Å²) in [4.78, 5) is 2.47. The molecule has 1 aromatic carbocycles. The Morgan fingerprint density at radius 2 is 2.20 bits per heavy atom. The normalized spacial score (nSPS) is 16.9. The second-order valence-electron chi connectivity index (χ2n) is 5.40. The largest absolute Gasteiger partial charge is 0.464 e. The van der Waals surface area contributed by atoms with Crippen LogP contribution >= 0.6 is 0 Å². The number of rotatable bonds is 7. The number of para-hydroxylation sites is 1. The minimum absolute atomic E-state index is 0.210. The zero-order valence-corrected chi connectivity index (χ0v) is 11.9. The third-order valence-corrected chi connectivity index (χ3v) is 4.06.